The standard InChI is InChI=1S/C18H12FNO4/c19-13-7-5-12(6-8-13)15(21)11-23-18(22)10-9-17-20-14-3-1-2-4-16(14)24-17/h1-10H,11H2/b10-9+. The molecule has 1 aromatic heterocycles. The number of hydrogen-bond acceptors (Lipinski definition) is 5. The molecule has 0 fully saturated rings. The molecule has 0 aliphatic carbocycles. The van der Waals surface area contributed by atoms with E-state index in [0.717, 1.165) is 6.08 Å². The van der Waals surface area contributed by atoms with Crippen LogP contribution in [0.2, 0.25) is 0 Å². The van der Waals surface area contributed by atoms with Gasteiger partial charge in [0, 0.05) is 17.7 Å². The van der Waals surface area contributed by atoms with Gasteiger partial charge in [-0.25, -0.2) is 14.2 Å². The highest BCUT2D eigenvalue weighted by atomic mass is 19.1. The Labute approximate surface area is 136 Å². The molecule has 0 spiro atoms. The third-order valence-electron chi connectivity index (χ3n) is 3.18. The van der Waals surface area contributed by atoms with E-state index in [2.05, 4.69) is 4.98 Å². The van der Waals surface area contributed by atoms with E-state index in [1.165, 1.54) is 30.3 Å². The molecule has 2 aromatic carbocycles. The average Bonchev–Trinajstić information content (AvgIpc) is 3.01. The number of esters is 1. The average molecular weight is 325 g/mol. The molecule has 24 heavy (non-hydrogen) atoms. The van der Waals surface area contributed by atoms with Gasteiger partial charge in [0.05, 0.1) is 0 Å². The van der Waals surface area contributed by atoms with Gasteiger partial charge in [-0.05, 0) is 36.4 Å². The first-order valence-corrected chi connectivity index (χ1v) is 7.11. The molecular formula is C18H12FNO4. The highest BCUT2D eigenvalue weighted by Crippen LogP contribution is 2.15. The molecule has 0 aliphatic heterocycles. The van der Waals surface area contributed by atoms with Crippen LogP contribution in [0.4, 0.5) is 4.39 Å². The van der Waals surface area contributed by atoms with Crippen LogP contribution in [-0.2, 0) is 9.53 Å². The minimum atomic E-state index is -0.701. The van der Waals surface area contributed by atoms with Crippen LogP contribution in [0, 0.1) is 5.82 Å². The summed E-state index contributed by atoms with van der Waals surface area (Å²) < 4.78 is 23.0. The maximum Gasteiger partial charge on any atom is 0.331 e. The van der Waals surface area contributed by atoms with Gasteiger partial charge < -0.3 is 9.15 Å². The third kappa shape index (κ3) is 3.73. The van der Waals surface area contributed by atoms with Crippen LogP contribution in [0.25, 0.3) is 17.2 Å². The van der Waals surface area contributed by atoms with Crippen LogP contribution < -0.4 is 0 Å². The van der Waals surface area contributed by atoms with Crippen molar-refractivity contribution in [2.24, 2.45) is 0 Å². The SMILES string of the molecule is O=C(/C=C/c1nc2ccccc2o1)OCC(=O)c1ccc(F)cc1. The number of carbonyl (C=O) groups excluding carboxylic acids is 2. The van der Waals surface area contributed by atoms with Gasteiger partial charge in [0.1, 0.15) is 11.3 Å². The predicted octanol–water partition coefficient (Wildman–Crippen LogP) is 3.41. The van der Waals surface area contributed by atoms with Gasteiger partial charge in [-0.1, -0.05) is 12.1 Å². The summed E-state index contributed by atoms with van der Waals surface area (Å²) in [6, 6.07) is 12.2. The molecule has 0 aliphatic rings. The highest BCUT2D eigenvalue weighted by Gasteiger charge is 2.09. The largest absolute Gasteiger partial charge is 0.454 e. The predicted molar refractivity (Wildman–Crippen MR) is 84.7 cm³/mol. The van der Waals surface area contributed by atoms with Crippen LogP contribution in [0.1, 0.15) is 16.2 Å². The number of nitrogens with zero attached hydrogens (tertiary/aromatic N) is 1. The first-order valence-electron chi connectivity index (χ1n) is 7.11. The van der Waals surface area contributed by atoms with E-state index >= 15 is 0 Å². The van der Waals surface area contributed by atoms with Gasteiger partial charge in [0.15, 0.2) is 18.0 Å². The lowest BCUT2D eigenvalue weighted by Gasteiger charge is -2.01. The van der Waals surface area contributed by atoms with Crippen molar-refractivity contribution in [3.63, 3.8) is 0 Å². The van der Waals surface area contributed by atoms with Gasteiger partial charge in [0.2, 0.25) is 5.89 Å². The topological polar surface area (TPSA) is 69.4 Å². The summed E-state index contributed by atoms with van der Waals surface area (Å²) in [5, 5.41) is 0. The van der Waals surface area contributed by atoms with Crippen LogP contribution in [0.15, 0.2) is 59.0 Å². The van der Waals surface area contributed by atoms with Crippen molar-refractivity contribution in [2.45, 2.75) is 0 Å². The van der Waals surface area contributed by atoms with Gasteiger partial charge in [-0.3, -0.25) is 4.79 Å². The molecule has 0 atom stereocenters. The summed E-state index contributed by atoms with van der Waals surface area (Å²) in [5.74, 6) is -1.30. The number of benzene rings is 2. The van der Waals surface area contributed by atoms with Gasteiger partial charge >= 0.3 is 5.97 Å². The number of rotatable bonds is 5. The number of aromatic nitrogens is 1. The monoisotopic (exact) mass is 325 g/mol. The second-order valence-corrected chi connectivity index (χ2v) is 4.89. The van der Waals surface area contributed by atoms with Crippen molar-refractivity contribution in [1.29, 1.82) is 0 Å². The summed E-state index contributed by atoms with van der Waals surface area (Å²) in [6.45, 7) is -0.428. The van der Waals surface area contributed by atoms with E-state index in [-0.39, 0.29) is 11.5 Å². The number of oxazole rings is 1. The van der Waals surface area contributed by atoms with E-state index in [4.69, 9.17) is 9.15 Å². The summed E-state index contributed by atoms with van der Waals surface area (Å²) in [7, 11) is 0. The fourth-order valence-electron chi connectivity index (χ4n) is 2.00. The van der Waals surface area contributed by atoms with E-state index in [9.17, 15) is 14.0 Å². The van der Waals surface area contributed by atoms with Crippen LogP contribution >= 0.6 is 0 Å². The van der Waals surface area contributed by atoms with Crippen molar-refractivity contribution in [1.82, 2.24) is 4.98 Å². The number of ether oxygens (including phenoxy) is 1. The Kier molecular flexibility index (Phi) is 4.47. The summed E-state index contributed by atoms with van der Waals surface area (Å²) in [5.41, 5.74) is 1.56. The zero-order valence-electron chi connectivity index (χ0n) is 12.4. The molecule has 3 aromatic rings. The molecule has 0 saturated carbocycles. The number of ketones is 1. The first-order chi connectivity index (χ1) is 11.6. The lowest BCUT2D eigenvalue weighted by atomic mass is 10.1. The summed E-state index contributed by atoms with van der Waals surface area (Å²) >= 11 is 0. The third-order valence-corrected chi connectivity index (χ3v) is 3.18. The van der Waals surface area contributed by atoms with Crippen LogP contribution in [0.5, 0.6) is 0 Å². The molecule has 0 N–H and O–H groups in total. The lowest BCUT2D eigenvalue weighted by molar-refractivity contribution is -0.136. The Hall–Kier alpha value is -3.28. The van der Waals surface area contributed by atoms with Crippen LogP contribution in [0.3, 0.4) is 0 Å². The van der Waals surface area contributed by atoms with Crippen molar-refractivity contribution in [3.8, 4) is 0 Å². The van der Waals surface area contributed by atoms with E-state index < -0.39 is 24.2 Å². The lowest BCUT2D eigenvalue weighted by Crippen LogP contribution is -2.12. The molecule has 0 bridgehead atoms. The number of Topliss-reactive ketones (excluding diaryl/α,β-unsaturated/α-hetero) is 1. The minimum absolute atomic E-state index is 0.262. The van der Waals surface area contributed by atoms with E-state index in [1.807, 2.05) is 12.1 Å². The summed E-state index contributed by atoms with van der Waals surface area (Å²) in [6.07, 6.45) is 2.49. The van der Waals surface area contributed by atoms with E-state index in [0.29, 0.717) is 11.1 Å². The zero-order chi connectivity index (χ0) is 16.9. The first kappa shape index (κ1) is 15.6. The van der Waals surface area contributed by atoms with Gasteiger partial charge in [0.25, 0.3) is 0 Å². The molecule has 3 rings (SSSR count). The molecule has 1 heterocycles. The second kappa shape index (κ2) is 6.87. The molecule has 6 heteroatoms. The van der Waals surface area contributed by atoms with Gasteiger partial charge in [-0.15, -0.1) is 0 Å². The maximum atomic E-state index is 12.8. The van der Waals surface area contributed by atoms with Crippen LogP contribution in [-0.4, -0.2) is 23.3 Å². The fourth-order valence-corrected chi connectivity index (χ4v) is 2.00. The zero-order valence-corrected chi connectivity index (χ0v) is 12.4. The molecule has 0 radical (unpaired) electrons. The highest BCUT2D eigenvalue weighted by molar-refractivity contribution is 5.98. The molecule has 0 amide bonds. The Morgan fingerprint density at radius 3 is 2.62 bits per heavy atom. The number of halogens is 1. The summed E-state index contributed by atoms with van der Waals surface area (Å²) in [4.78, 5) is 27.6. The minimum Gasteiger partial charge on any atom is -0.454 e. The fraction of sp³-hybridized carbons (Fsp3) is 0.0556. The second-order valence-electron chi connectivity index (χ2n) is 4.89. The molecule has 0 unspecified atom stereocenters. The Balaban J connectivity index is 1.57. The maximum absolute atomic E-state index is 12.8. The number of hydrogen-bond donors (Lipinski definition) is 0. The van der Waals surface area contributed by atoms with Gasteiger partial charge in [-0.2, -0.15) is 0 Å². The number of fused-ring (bicyclic) bond motifs is 1. The number of para-hydroxylation sites is 2. The van der Waals surface area contributed by atoms with Crippen molar-refractivity contribution in [2.75, 3.05) is 6.61 Å². The number of carbonyl (C=O) groups is 2. The van der Waals surface area contributed by atoms with Crippen molar-refractivity contribution in [3.05, 3.63) is 71.9 Å². The van der Waals surface area contributed by atoms with Crippen molar-refractivity contribution < 1.29 is 23.1 Å². The molecule has 0 saturated heterocycles. The molecular weight excluding hydrogens is 313 g/mol. The Morgan fingerprint density at radius 2 is 1.88 bits per heavy atom. The van der Waals surface area contributed by atoms with Crippen molar-refractivity contribution >= 4 is 28.9 Å². The van der Waals surface area contributed by atoms with E-state index in [1.54, 1.807) is 12.1 Å². The smallest absolute Gasteiger partial charge is 0.331 e. The molecule has 120 valence electrons. The Morgan fingerprint density at radius 1 is 1.12 bits per heavy atom. The Bertz CT molecular complexity index is 879. The molecule has 5 nitrogen and oxygen atoms in total. The quantitative estimate of drug-likeness (QED) is 0.408. The normalized spacial score (nSPS) is 11.0.